The molecule has 0 N–H and O–H groups in total. The van der Waals surface area contributed by atoms with E-state index in [0.717, 1.165) is 24.2 Å². The molecule has 3 rings (SSSR count). The first kappa shape index (κ1) is 16.7. The molecule has 1 aromatic carbocycles. The summed E-state index contributed by atoms with van der Waals surface area (Å²) < 4.78 is 39.7. The Morgan fingerprint density at radius 3 is 2.52 bits per heavy atom. The molecule has 1 unspecified atom stereocenters. The normalized spacial score (nSPS) is 24.0. The Kier molecular flexibility index (Phi) is 5.21. The van der Waals surface area contributed by atoms with Crippen molar-refractivity contribution in [1.29, 1.82) is 0 Å². The topological polar surface area (TPSA) is 59.1 Å². The fourth-order valence-electron chi connectivity index (χ4n) is 3.23. The fraction of sp³-hybridized carbons (Fsp3) is 0.625. The van der Waals surface area contributed by atoms with E-state index in [1.807, 2.05) is 31.2 Å². The van der Waals surface area contributed by atoms with Crippen molar-refractivity contribution in [2.45, 2.75) is 25.8 Å². The summed E-state index contributed by atoms with van der Waals surface area (Å²) in [6.07, 6.45) is 1.75. The lowest BCUT2D eigenvalue weighted by Gasteiger charge is -2.33. The maximum Gasteiger partial charge on any atom is 0.282 e. The zero-order valence-corrected chi connectivity index (χ0v) is 14.3. The lowest BCUT2D eigenvalue weighted by atomic mass is 10.1. The van der Waals surface area contributed by atoms with Crippen LogP contribution in [0.5, 0.6) is 5.75 Å². The highest BCUT2D eigenvalue weighted by Crippen LogP contribution is 2.36. The summed E-state index contributed by atoms with van der Waals surface area (Å²) >= 11 is 0. The minimum atomic E-state index is -3.42. The van der Waals surface area contributed by atoms with Gasteiger partial charge in [-0.2, -0.15) is 17.0 Å². The summed E-state index contributed by atoms with van der Waals surface area (Å²) in [7, 11) is -3.42. The van der Waals surface area contributed by atoms with E-state index in [-0.39, 0.29) is 6.04 Å². The van der Waals surface area contributed by atoms with Gasteiger partial charge >= 0.3 is 0 Å². The third kappa shape index (κ3) is 3.52. The number of ether oxygens (including phenoxy) is 2. The van der Waals surface area contributed by atoms with Gasteiger partial charge in [0.05, 0.1) is 25.9 Å². The van der Waals surface area contributed by atoms with Crippen LogP contribution in [0, 0.1) is 0 Å². The minimum Gasteiger partial charge on any atom is -0.494 e. The molecular weight excluding hydrogens is 316 g/mol. The quantitative estimate of drug-likeness (QED) is 0.820. The molecule has 2 fully saturated rings. The first-order valence-corrected chi connectivity index (χ1v) is 9.60. The number of benzene rings is 1. The highest BCUT2D eigenvalue weighted by molar-refractivity contribution is 7.86. The van der Waals surface area contributed by atoms with Crippen LogP contribution in [-0.2, 0) is 14.9 Å². The van der Waals surface area contributed by atoms with Crippen molar-refractivity contribution in [2.24, 2.45) is 0 Å². The van der Waals surface area contributed by atoms with Gasteiger partial charge in [-0.1, -0.05) is 12.1 Å². The van der Waals surface area contributed by atoms with Gasteiger partial charge < -0.3 is 9.47 Å². The van der Waals surface area contributed by atoms with Gasteiger partial charge in [0.15, 0.2) is 0 Å². The molecule has 0 aromatic heterocycles. The van der Waals surface area contributed by atoms with Gasteiger partial charge in [-0.3, -0.25) is 0 Å². The molecule has 2 aliphatic heterocycles. The van der Waals surface area contributed by atoms with Crippen molar-refractivity contribution in [3.05, 3.63) is 29.8 Å². The molecule has 6 nitrogen and oxygen atoms in total. The van der Waals surface area contributed by atoms with E-state index in [4.69, 9.17) is 9.47 Å². The molecule has 2 saturated heterocycles. The molecule has 0 aliphatic carbocycles. The van der Waals surface area contributed by atoms with Crippen LogP contribution in [-0.4, -0.2) is 56.5 Å². The first-order chi connectivity index (χ1) is 11.1. The fourth-order valence-corrected chi connectivity index (χ4v) is 5.04. The smallest absolute Gasteiger partial charge is 0.282 e. The van der Waals surface area contributed by atoms with E-state index in [2.05, 4.69) is 0 Å². The van der Waals surface area contributed by atoms with Crippen molar-refractivity contribution >= 4 is 10.2 Å². The Balaban J connectivity index is 1.79. The Bertz CT molecular complexity index is 611. The third-order valence-corrected chi connectivity index (χ3v) is 6.42. The third-order valence-electron chi connectivity index (χ3n) is 4.37. The lowest BCUT2D eigenvalue weighted by molar-refractivity contribution is 0.0699. The van der Waals surface area contributed by atoms with E-state index in [1.165, 1.54) is 0 Å². The van der Waals surface area contributed by atoms with Crippen LogP contribution in [0.4, 0.5) is 0 Å². The molecule has 128 valence electrons. The van der Waals surface area contributed by atoms with Crippen molar-refractivity contribution in [1.82, 2.24) is 8.61 Å². The van der Waals surface area contributed by atoms with E-state index in [0.29, 0.717) is 39.5 Å². The summed E-state index contributed by atoms with van der Waals surface area (Å²) in [5, 5.41) is 0. The van der Waals surface area contributed by atoms with Crippen molar-refractivity contribution in [3.63, 3.8) is 0 Å². The van der Waals surface area contributed by atoms with Crippen molar-refractivity contribution in [3.8, 4) is 5.75 Å². The molecule has 0 bridgehead atoms. The summed E-state index contributed by atoms with van der Waals surface area (Å²) in [5.41, 5.74) is 1.03. The van der Waals surface area contributed by atoms with Crippen molar-refractivity contribution < 1.29 is 17.9 Å². The Morgan fingerprint density at radius 2 is 1.87 bits per heavy atom. The average Bonchev–Trinajstić information content (AvgIpc) is 3.07. The zero-order chi connectivity index (χ0) is 16.3. The largest absolute Gasteiger partial charge is 0.494 e. The molecular formula is C16H24N2O4S. The highest BCUT2D eigenvalue weighted by atomic mass is 32.2. The summed E-state index contributed by atoms with van der Waals surface area (Å²) in [4.78, 5) is 0. The second kappa shape index (κ2) is 7.17. The average molecular weight is 340 g/mol. The van der Waals surface area contributed by atoms with Gasteiger partial charge in [0, 0.05) is 19.6 Å². The molecule has 7 heteroatoms. The van der Waals surface area contributed by atoms with E-state index >= 15 is 0 Å². The molecule has 23 heavy (non-hydrogen) atoms. The number of hydrogen-bond acceptors (Lipinski definition) is 4. The van der Waals surface area contributed by atoms with Gasteiger partial charge in [0.2, 0.25) is 0 Å². The van der Waals surface area contributed by atoms with Crippen LogP contribution < -0.4 is 4.74 Å². The summed E-state index contributed by atoms with van der Waals surface area (Å²) in [5.74, 6) is 0.817. The molecule has 0 saturated carbocycles. The highest BCUT2D eigenvalue weighted by Gasteiger charge is 2.39. The molecule has 0 spiro atoms. The van der Waals surface area contributed by atoms with Gasteiger partial charge in [-0.05, 0) is 37.5 Å². The monoisotopic (exact) mass is 340 g/mol. The maximum atomic E-state index is 12.9. The van der Waals surface area contributed by atoms with Crippen LogP contribution in [0.2, 0.25) is 0 Å². The Hall–Kier alpha value is -1.15. The van der Waals surface area contributed by atoms with Gasteiger partial charge in [0.25, 0.3) is 10.2 Å². The predicted molar refractivity (Wildman–Crippen MR) is 87.6 cm³/mol. The number of morpholine rings is 1. The van der Waals surface area contributed by atoms with Crippen LogP contribution in [0.15, 0.2) is 24.3 Å². The first-order valence-electron chi connectivity index (χ1n) is 8.20. The van der Waals surface area contributed by atoms with Crippen LogP contribution in [0.3, 0.4) is 0 Å². The standard InChI is InChI=1S/C16H24N2O4S/c1-2-22-15-7-5-14(6-8-15)16-4-3-9-18(16)23(19,20)17-10-12-21-13-11-17/h5-8,16H,2-4,9-13H2,1H3. The van der Waals surface area contributed by atoms with Gasteiger partial charge in [-0.15, -0.1) is 0 Å². The van der Waals surface area contributed by atoms with Gasteiger partial charge in [-0.25, -0.2) is 0 Å². The molecule has 0 radical (unpaired) electrons. The van der Waals surface area contributed by atoms with E-state index < -0.39 is 10.2 Å². The minimum absolute atomic E-state index is 0.0847. The Labute approximate surface area is 138 Å². The van der Waals surface area contributed by atoms with Crippen LogP contribution in [0.1, 0.15) is 31.4 Å². The maximum absolute atomic E-state index is 12.9. The van der Waals surface area contributed by atoms with Gasteiger partial charge in [0.1, 0.15) is 5.75 Å². The van der Waals surface area contributed by atoms with Crippen LogP contribution in [0.25, 0.3) is 0 Å². The van der Waals surface area contributed by atoms with Crippen molar-refractivity contribution in [2.75, 3.05) is 39.5 Å². The number of nitrogens with zero attached hydrogens (tertiary/aromatic N) is 2. The summed E-state index contributed by atoms with van der Waals surface area (Å²) in [6, 6.07) is 7.69. The summed E-state index contributed by atoms with van der Waals surface area (Å²) in [6.45, 7) is 4.98. The molecule has 1 atom stereocenters. The second-order valence-electron chi connectivity index (χ2n) is 5.79. The SMILES string of the molecule is CCOc1ccc(C2CCCN2S(=O)(=O)N2CCOCC2)cc1. The van der Waals surface area contributed by atoms with Crippen LogP contribution >= 0.6 is 0 Å². The van der Waals surface area contributed by atoms with E-state index in [1.54, 1.807) is 8.61 Å². The predicted octanol–water partition coefficient (Wildman–Crippen LogP) is 1.80. The van der Waals surface area contributed by atoms with E-state index in [9.17, 15) is 8.42 Å². The number of rotatable bonds is 5. The number of hydrogen-bond donors (Lipinski definition) is 0. The molecule has 0 amide bonds. The second-order valence-corrected chi connectivity index (χ2v) is 7.67. The molecule has 1 aromatic rings. The Morgan fingerprint density at radius 1 is 1.17 bits per heavy atom. The lowest BCUT2D eigenvalue weighted by Crippen LogP contribution is -2.48. The molecule has 2 heterocycles. The molecule has 2 aliphatic rings. The zero-order valence-electron chi connectivity index (χ0n) is 13.5.